The van der Waals surface area contributed by atoms with Gasteiger partial charge in [-0.2, -0.15) is 0 Å². The number of H-pyrrole nitrogens is 2. The Balaban J connectivity index is 1.17. The van der Waals surface area contributed by atoms with Gasteiger partial charge in [-0.25, -0.2) is 19.3 Å². The number of azide groups is 1. The summed E-state index contributed by atoms with van der Waals surface area (Å²) in [6, 6.07) is -0.816. The number of aromatic nitrogens is 6. The zero-order chi connectivity index (χ0) is 27.7. The molecule has 2 fully saturated rings. The fourth-order valence-electron chi connectivity index (χ4n) is 4.49. The van der Waals surface area contributed by atoms with Crippen LogP contribution in [0.15, 0.2) is 38.3 Å². The first-order valence-electron chi connectivity index (χ1n) is 11.8. The molecule has 2 aliphatic heterocycles. The Labute approximate surface area is 217 Å². The number of ether oxygens (including phenoxy) is 2. The van der Waals surface area contributed by atoms with E-state index in [0.717, 1.165) is 4.57 Å². The number of aromatic amines is 2. The molecular weight excluding hydrogens is 541 g/mol. The molecule has 0 aromatic carbocycles. The molecule has 2 saturated heterocycles. The quantitative estimate of drug-likeness (QED) is 0.141. The Bertz CT molecular complexity index is 1640. The van der Waals surface area contributed by atoms with Gasteiger partial charge in [-0.15, -0.1) is 0 Å². The van der Waals surface area contributed by atoms with Crippen LogP contribution in [0.5, 0.6) is 0 Å². The number of nitrogens with one attached hydrogen (secondary N) is 2. The first-order valence-corrected chi connectivity index (χ1v) is 13.3. The van der Waals surface area contributed by atoms with Crippen LogP contribution in [0.3, 0.4) is 0 Å². The summed E-state index contributed by atoms with van der Waals surface area (Å²) < 4.78 is 37.2. The number of phosphoric acid groups is 1. The molecule has 0 spiro atoms. The predicted molar refractivity (Wildman–Crippen MR) is 131 cm³/mol. The van der Waals surface area contributed by atoms with E-state index in [-0.39, 0.29) is 29.7 Å². The van der Waals surface area contributed by atoms with E-state index < -0.39 is 56.4 Å². The van der Waals surface area contributed by atoms with Crippen LogP contribution in [0.25, 0.3) is 21.6 Å². The SMILES string of the molecule is Cc1cn([C@H]2CC(N=[N+]=[N-])[C@@H](COP(=O)(O)OC[C@H]3CC[C@@H](n4cnc5c(=O)[nH]cnc54)O3)O2)c(=O)[nH]c1=O. The number of hydrogen-bond acceptors (Lipinski definition) is 11. The van der Waals surface area contributed by atoms with Crippen molar-refractivity contribution in [3.63, 3.8) is 0 Å². The van der Waals surface area contributed by atoms with E-state index in [1.807, 2.05) is 0 Å². The van der Waals surface area contributed by atoms with Crippen molar-refractivity contribution in [3.8, 4) is 0 Å². The molecule has 2 aliphatic rings. The van der Waals surface area contributed by atoms with E-state index in [2.05, 4.69) is 30.0 Å². The zero-order valence-corrected chi connectivity index (χ0v) is 21.3. The Hall–Kier alpha value is -3.63. The van der Waals surface area contributed by atoms with Gasteiger partial charge in [0.05, 0.1) is 44.1 Å². The van der Waals surface area contributed by atoms with Crippen LogP contribution in [-0.4, -0.2) is 65.4 Å². The molecule has 3 N–H and O–H groups in total. The molecule has 0 radical (unpaired) electrons. The average molecular weight is 565 g/mol. The first kappa shape index (κ1) is 27.0. The molecule has 19 heteroatoms. The summed E-state index contributed by atoms with van der Waals surface area (Å²) in [5.41, 5.74) is 8.07. The second-order valence-electron chi connectivity index (χ2n) is 9.02. The third-order valence-corrected chi connectivity index (χ3v) is 7.40. The Kier molecular flexibility index (Phi) is 7.51. The van der Waals surface area contributed by atoms with Crippen molar-refractivity contribution < 1.29 is 28.0 Å². The van der Waals surface area contributed by atoms with Crippen LogP contribution < -0.4 is 16.8 Å². The predicted octanol–water partition coefficient (Wildman–Crippen LogP) is 0.756. The number of rotatable bonds is 9. The second-order valence-corrected chi connectivity index (χ2v) is 10.5. The van der Waals surface area contributed by atoms with Gasteiger partial charge < -0.3 is 19.4 Å². The molecule has 0 bridgehead atoms. The van der Waals surface area contributed by atoms with Gasteiger partial charge in [0.1, 0.15) is 12.5 Å². The maximum Gasteiger partial charge on any atom is 0.472 e. The van der Waals surface area contributed by atoms with Crippen molar-refractivity contribution in [2.45, 2.75) is 56.9 Å². The molecule has 18 nitrogen and oxygen atoms in total. The summed E-state index contributed by atoms with van der Waals surface area (Å²) in [6.45, 7) is 0.784. The molecule has 6 atom stereocenters. The summed E-state index contributed by atoms with van der Waals surface area (Å²) in [5, 5.41) is 3.64. The molecule has 0 saturated carbocycles. The zero-order valence-electron chi connectivity index (χ0n) is 20.4. The van der Waals surface area contributed by atoms with Crippen LogP contribution in [0.2, 0.25) is 0 Å². The van der Waals surface area contributed by atoms with Gasteiger partial charge in [0.2, 0.25) is 0 Å². The van der Waals surface area contributed by atoms with Gasteiger partial charge in [0.15, 0.2) is 11.2 Å². The Morgan fingerprint density at radius 3 is 2.77 bits per heavy atom. The topological polar surface area (TPSA) is 241 Å². The number of fused-ring (bicyclic) bond motifs is 1. The van der Waals surface area contributed by atoms with Crippen molar-refractivity contribution in [2.24, 2.45) is 5.11 Å². The van der Waals surface area contributed by atoms with Crippen LogP contribution in [0, 0.1) is 6.92 Å². The Morgan fingerprint density at radius 2 is 1.97 bits per heavy atom. The molecule has 39 heavy (non-hydrogen) atoms. The van der Waals surface area contributed by atoms with Crippen LogP contribution in [0.1, 0.15) is 37.3 Å². The lowest BCUT2D eigenvalue weighted by Crippen LogP contribution is -2.33. The number of phosphoric ester groups is 1. The largest absolute Gasteiger partial charge is 0.472 e. The third-order valence-electron chi connectivity index (χ3n) is 6.45. The molecule has 208 valence electrons. The van der Waals surface area contributed by atoms with E-state index in [1.165, 1.54) is 25.8 Å². The molecule has 0 aliphatic carbocycles. The lowest BCUT2D eigenvalue weighted by atomic mass is 10.1. The summed E-state index contributed by atoms with van der Waals surface area (Å²) in [6.07, 6.45) is 2.21. The number of nitrogens with zero attached hydrogens (tertiary/aromatic N) is 7. The van der Waals surface area contributed by atoms with Crippen molar-refractivity contribution >= 4 is 19.0 Å². The summed E-state index contributed by atoms with van der Waals surface area (Å²) in [4.78, 5) is 61.5. The maximum absolute atomic E-state index is 12.5. The van der Waals surface area contributed by atoms with E-state index in [4.69, 9.17) is 24.1 Å². The standard InChI is InChI=1S/C20H24N9O9P/c1-10-5-28(20(32)25-18(10)30)15-4-12(26-27-21)13(38-15)7-36-39(33,34)35-6-11-2-3-14(37-11)29-9-24-16-17(29)22-8-23-19(16)31/h5,8-9,11-15H,2-4,6-7H2,1H3,(H,33,34)(H,22,23,31)(H,25,30,32)/t11-,12?,13-,14+,15-/m1/s1. The highest BCUT2D eigenvalue weighted by molar-refractivity contribution is 7.47. The van der Waals surface area contributed by atoms with Crippen LogP contribution >= 0.6 is 7.82 Å². The molecule has 5 heterocycles. The highest BCUT2D eigenvalue weighted by Crippen LogP contribution is 2.45. The van der Waals surface area contributed by atoms with Crippen molar-refractivity contribution in [1.29, 1.82) is 0 Å². The van der Waals surface area contributed by atoms with Crippen molar-refractivity contribution in [3.05, 3.63) is 66.0 Å². The van der Waals surface area contributed by atoms with E-state index in [9.17, 15) is 23.8 Å². The monoisotopic (exact) mass is 565 g/mol. The molecular formula is C20H24N9O9P. The summed E-state index contributed by atoms with van der Waals surface area (Å²) in [7, 11) is -4.57. The average Bonchev–Trinajstić information content (AvgIpc) is 3.63. The highest BCUT2D eigenvalue weighted by atomic mass is 31.2. The fraction of sp³-hybridized carbons (Fsp3) is 0.550. The molecule has 2 unspecified atom stereocenters. The molecule has 3 aromatic heterocycles. The van der Waals surface area contributed by atoms with Crippen LogP contribution in [0.4, 0.5) is 0 Å². The lowest BCUT2D eigenvalue weighted by Gasteiger charge is -2.20. The molecule has 3 aromatic rings. The third kappa shape index (κ3) is 5.72. The van der Waals surface area contributed by atoms with Crippen molar-refractivity contribution in [1.82, 2.24) is 29.1 Å². The van der Waals surface area contributed by atoms with E-state index in [1.54, 1.807) is 4.57 Å². The smallest absolute Gasteiger partial charge is 0.352 e. The van der Waals surface area contributed by atoms with Gasteiger partial charge in [0, 0.05) is 23.1 Å². The van der Waals surface area contributed by atoms with Gasteiger partial charge in [-0.1, -0.05) is 5.11 Å². The second kappa shape index (κ2) is 10.9. The highest BCUT2D eigenvalue weighted by Gasteiger charge is 2.39. The number of hydrogen-bond donors (Lipinski definition) is 3. The molecule has 5 rings (SSSR count). The van der Waals surface area contributed by atoms with E-state index >= 15 is 0 Å². The van der Waals surface area contributed by atoms with Crippen molar-refractivity contribution in [2.75, 3.05) is 13.2 Å². The van der Waals surface area contributed by atoms with Gasteiger partial charge in [0.25, 0.3) is 11.1 Å². The van der Waals surface area contributed by atoms with Gasteiger partial charge in [-0.3, -0.25) is 32.8 Å². The van der Waals surface area contributed by atoms with Gasteiger partial charge in [-0.05, 0) is 25.3 Å². The minimum absolute atomic E-state index is 0.0705. The number of aryl methyl sites for hydroxylation is 1. The minimum atomic E-state index is -4.57. The normalized spacial score (nSPS) is 26.5. The molecule has 0 amide bonds. The first-order chi connectivity index (χ1) is 18.6. The lowest BCUT2D eigenvalue weighted by molar-refractivity contribution is -0.0375. The number of imidazole rings is 1. The Morgan fingerprint density at radius 1 is 1.18 bits per heavy atom. The van der Waals surface area contributed by atoms with Gasteiger partial charge >= 0.3 is 13.5 Å². The van der Waals surface area contributed by atoms with E-state index in [0.29, 0.717) is 18.5 Å². The minimum Gasteiger partial charge on any atom is -0.352 e. The maximum atomic E-state index is 12.5. The summed E-state index contributed by atoms with van der Waals surface area (Å²) >= 11 is 0. The fourth-order valence-corrected chi connectivity index (χ4v) is 5.26. The summed E-state index contributed by atoms with van der Waals surface area (Å²) in [5.74, 6) is 0. The van der Waals surface area contributed by atoms with Crippen LogP contribution in [-0.2, 0) is 23.1 Å².